The molecule has 0 radical (unpaired) electrons. The van der Waals surface area contributed by atoms with Gasteiger partial charge in [-0.3, -0.25) is 4.79 Å². The minimum Gasteiger partial charge on any atom is -0.497 e. The van der Waals surface area contributed by atoms with Crippen molar-refractivity contribution in [2.24, 2.45) is 5.92 Å². The molecule has 4 heteroatoms. The summed E-state index contributed by atoms with van der Waals surface area (Å²) in [7, 11) is 1.70. The maximum Gasteiger partial charge on any atom is 0.222 e. The number of nitrogens with zero attached hydrogens (tertiary/aromatic N) is 2. The molecule has 1 heterocycles. The van der Waals surface area contributed by atoms with E-state index in [9.17, 15) is 4.79 Å². The Morgan fingerprint density at radius 2 is 1.88 bits per heavy atom. The molecule has 0 atom stereocenters. The second kappa shape index (κ2) is 9.12. The van der Waals surface area contributed by atoms with Crippen molar-refractivity contribution in [3.63, 3.8) is 0 Å². The lowest BCUT2D eigenvalue weighted by Gasteiger charge is -2.36. The van der Waals surface area contributed by atoms with Crippen LogP contribution in [0.3, 0.4) is 0 Å². The van der Waals surface area contributed by atoms with E-state index in [0.717, 1.165) is 50.7 Å². The molecule has 2 aliphatic rings. The van der Waals surface area contributed by atoms with Gasteiger partial charge >= 0.3 is 0 Å². The molecular formula is C21H32N2O2. The summed E-state index contributed by atoms with van der Waals surface area (Å²) in [6, 6.07) is 8.18. The molecule has 1 aromatic rings. The van der Waals surface area contributed by atoms with Gasteiger partial charge in [0.05, 0.1) is 7.11 Å². The Morgan fingerprint density at radius 3 is 2.60 bits per heavy atom. The van der Waals surface area contributed by atoms with Gasteiger partial charge in [0.2, 0.25) is 5.91 Å². The first-order valence-electron chi connectivity index (χ1n) is 9.93. The van der Waals surface area contributed by atoms with Crippen LogP contribution in [0.2, 0.25) is 0 Å². The second-order valence-electron chi connectivity index (χ2n) is 7.47. The highest BCUT2D eigenvalue weighted by Crippen LogP contribution is 2.28. The predicted octanol–water partition coefficient (Wildman–Crippen LogP) is 4.09. The number of rotatable bonds is 6. The molecule has 1 saturated heterocycles. The van der Waals surface area contributed by atoms with Gasteiger partial charge in [0.15, 0.2) is 0 Å². The third-order valence-electron chi connectivity index (χ3n) is 5.78. The number of hydrogen-bond donors (Lipinski definition) is 0. The minimum absolute atomic E-state index is 0.348. The van der Waals surface area contributed by atoms with Crippen molar-refractivity contribution in [3.05, 3.63) is 24.3 Å². The van der Waals surface area contributed by atoms with E-state index in [0.29, 0.717) is 5.91 Å². The lowest BCUT2D eigenvalue weighted by atomic mass is 9.86. The van der Waals surface area contributed by atoms with E-state index in [4.69, 9.17) is 4.74 Å². The normalized spacial score (nSPS) is 19.1. The first-order valence-corrected chi connectivity index (χ1v) is 9.93. The minimum atomic E-state index is 0.348. The average molecular weight is 344 g/mol. The molecule has 0 aromatic heterocycles. The monoisotopic (exact) mass is 344 g/mol. The molecule has 1 aromatic carbocycles. The molecule has 1 aliphatic heterocycles. The zero-order valence-electron chi connectivity index (χ0n) is 15.6. The number of benzene rings is 1. The number of anilines is 1. The summed E-state index contributed by atoms with van der Waals surface area (Å²) >= 11 is 0. The van der Waals surface area contributed by atoms with Crippen molar-refractivity contribution in [3.8, 4) is 5.75 Å². The van der Waals surface area contributed by atoms with Crippen LogP contribution in [0.5, 0.6) is 5.75 Å². The maximum absolute atomic E-state index is 12.5. The zero-order valence-corrected chi connectivity index (χ0v) is 15.6. The van der Waals surface area contributed by atoms with E-state index in [1.165, 1.54) is 44.2 Å². The van der Waals surface area contributed by atoms with Gasteiger partial charge in [-0.2, -0.15) is 0 Å². The highest BCUT2D eigenvalue weighted by Gasteiger charge is 2.22. The van der Waals surface area contributed by atoms with Crippen molar-refractivity contribution in [1.29, 1.82) is 0 Å². The molecule has 0 unspecified atom stereocenters. The van der Waals surface area contributed by atoms with Crippen molar-refractivity contribution < 1.29 is 9.53 Å². The van der Waals surface area contributed by atoms with Crippen molar-refractivity contribution in [2.75, 3.05) is 38.2 Å². The second-order valence-corrected chi connectivity index (χ2v) is 7.47. The fourth-order valence-corrected chi connectivity index (χ4v) is 4.20. The zero-order chi connectivity index (χ0) is 17.5. The van der Waals surface area contributed by atoms with E-state index in [1.54, 1.807) is 7.11 Å². The Balaban J connectivity index is 1.39. The molecular weight excluding hydrogens is 312 g/mol. The van der Waals surface area contributed by atoms with Gasteiger partial charge in [-0.25, -0.2) is 0 Å². The predicted molar refractivity (Wildman–Crippen MR) is 102 cm³/mol. The van der Waals surface area contributed by atoms with Gasteiger partial charge in [0, 0.05) is 44.4 Å². The number of amides is 1. The van der Waals surface area contributed by atoms with Crippen LogP contribution in [0.15, 0.2) is 24.3 Å². The molecule has 0 spiro atoms. The Labute approximate surface area is 152 Å². The van der Waals surface area contributed by atoms with Crippen molar-refractivity contribution in [2.45, 2.75) is 51.4 Å². The average Bonchev–Trinajstić information content (AvgIpc) is 2.69. The van der Waals surface area contributed by atoms with E-state index in [-0.39, 0.29) is 0 Å². The molecule has 2 fully saturated rings. The molecule has 3 rings (SSSR count). The lowest BCUT2D eigenvalue weighted by Crippen LogP contribution is -2.48. The van der Waals surface area contributed by atoms with Gasteiger partial charge in [-0.15, -0.1) is 0 Å². The van der Waals surface area contributed by atoms with E-state index in [2.05, 4.69) is 21.9 Å². The first-order chi connectivity index (χ1) is 12.3. The summed E-state index contributed by atoms with van der Waals surface area (Å²) in [5.41, 5.74) is 1.18. The number of hydrogen-bond acceptors (Lipinski definition) is 3. The largest absolute Gasteiger partial charge is 0.497 e. The Hall–Kier alpha value is -1.71. The Bertz CT molecular complexity index is 547. The van der Waals surface area contributed by atoms with Gasteiger partial charge in [0.1, 0.15) is 5.75 Å². The van der Waals surface area contributed by atoms with Crippen LogP contribution < -0.4 is 9.64 Å². The standard InChI is InChI=1S/C21H32N2O2/c1-25-20-11-6-10-19(17-20)22-13-15-23(16-14-22)21(24)12-5-9-18-7-3-2-4-8-18/h6,10-11,17-18H,2-5,7-9,12-16H2,1H3. The number of ether oxygens (including phenoxy) is 1. The topological polar surface area (TPSA) is 32.8 Å². The molecule has 1 aliphatic carbocycles. The summed E-state index contributed by atoms with van der Waals surface area (Å²) in [6.45, 7) is 3.47. The third kappa shape index (κ3) is 5.13. The first kappa shape index (κ1) is 18.1. The van der Waals surface area contributed by atoms with Gasteiger partial charge in [0.25, 0.3) is 0 Å². The number of methoxy groups -OCH3 is 1. The summed E-state index contributed by atoms with van der Waals surface area (Å²) in [5.74, 6) is 2.12. The highest BCUT2D eigenvalue weighted by atomic mass is 16.5. The van der Waals surface area contributed by atoms with Gasteiger partial charge in [-0.05, 0) is 30.9 Å². The van der Waals surface area contributed by atoms with Crippen LogP contribution in [-0.2, 0) is 4.79 Å². The van der Waals surface area contributed by atoms with Crippen LogP contribution in [0.1, 0.15) is 51.4 Å². The fourth-order valence-electron chi connectivity index (χ4n) is 4.20. The summed E-state index contributed by atoms with van der Waals surface area (Å²) in [5, 5.41) is 0. The number of carbonyl (C=O) groups excluding carboxylic acids is 1. The van der Waals surface area contributed by atoms with Crippen LogP contribution in [0, 0.1) is 5.92 Å². The Kier molecular flexibility index (Phi) is 6.60. The Morgan fingerprint density at radius 1 is 1.12 bits per heavy atom. The van der Waals surface area contributed by atoms with Crippen LogP contribution in [0.4, 0.5) is 5.69 Å². The smallest absolute Gasteiger partial charge is 0.222 e. The number of piperazine rings is 1. The SMILES string of the molecule is COc1cccc(N2CCN(C(=O)CCCC3CCCCC3)CC2)c1. The molecule has 25 heavy (non-hydrogen) atoms. The highest BCUT2D eigenvalue weighted by molar-refractivity contribution is 5.76. The molecule has 138 valence electrons. The molecule has 1 saturated carbocycles. The summed E-state index contributed by atoms with van der Waals surface area (Å²) < 4.78 is 5.31. The van der Waals surface area contributed by atoms with E-state index in [1.807, 2.05) is 12.1 Å². The van der Waals surface area contributed by atoms with E-state index >= 15 is 0 Å². The van der Waals surface area contributed by atoms with Crippen molar-refractivity contribution >= 4 is 11.6 Å². The maximum atomic E-state index is 12.5. The third-order valence-corrected chi connectivity index (χ3v) is 5.78. The summed E-state index contributed by atoms with van der Waals surface area (Å²) in [4.78, 5) is 16.9. The van der Waals surface area contributed by atoms with Gasteiger partial charge in [-0.1, -0.05) is 38.2 Å². The molecule has 4 nitrogen and oxygen atoms in total. The molecule has 0 bridgehead atoms. The number of carbonyl (C=O) groups is 1. The fraction of sp³-hybridized carbons (Fsp3) is 0.667. The van der Waals surface area contributed by atoms with Crippen LogP contribution in [-0.4, -0.2) is 44.1 Å². The summed E-state index contributed by atoms with van der Waals surface area (Å²) in [6.07, 6.45) is 10.0. The van der Waals surface area contributed by atoms with Crippen molar-refractivity contribution in [1.82, 2.24) is 4.90 Å². The quantitative estimate of drug-likeness (QED) is 0.779. The van der Waals surface area contributed by atoms with Crippen LogP contribution >= 0.6 is 0 Å². The molecule has 1 amide bonds. The van der Waals surface area contributed by atoms with E-state index < -0.39 is 0 Å². The molecule has 0 N–H and O–H groups in total. The lowest BCUT2D eigenvalue weighted by molar-refractivity contribution is -0.131. The van der Waals surface area contributed by atoms with Gasteiger partial charge < -0.3 is 14.5 Å². The van der Waals surface area contributed by atoms with Crippen LogP contribution in [0.25, 0.3) is 0 Å².